The zero-order chi connectivity index (χ0) is 19.1. The molecule has 1 atom stereocenters. The molecule has 1 amide bonds. The van der Waals surface area contributed by atoms with Crippen molar-refractivity contribution in [3.05, 3.63) is 52.3 Å². The summed E-state index contributed by atoms with van der Waals surface area (Å²) >= 11 is 0. The molecule has 0 bridgehead atoms. The van der Waals surface area contributed by atoms with Crippen LogP contribution in [-0.2, 0) is 6.42 Å². The van der Waals surface area contributed by atoms with Gasteiger partial charge in [0.05, 0.1) is 17.7 Å². The van der Waals surface area contributed by atoms with E-state index in [1.54, 1.807) is 6.07 Å². The molecule has 27 heavy (non-hydrogen) atoms. The summed E-state index contributed by atoms with van der Waals surface area (Å²) in [6.45, 7) is 0. The number of aromatic nitrogens is 4. The zero-order valence-corrected chi connectivity index (χ0v) is 13.9. The molecular formula is C17H13N7O3. The number of carboxylic acid groups (broad SMARTS) is 1. The maximum Gasteiger partial charge on any atom is 0.354 e. The van der Waals surface area contributed by atoms with Crippen molar-refractivity contribution in [2.24, 2.45) is 0 Å². The number of hydrogen-bond donors (Lipinski definition) is 3. The van der Waals surface area contributed by atoms with Gasteiger partial charge in [0, 0.05) is 6.07 Å². The maximum absolute atomic E-state index is 12.7. The summed E-state index contributed by atoms with van der Waals surface area (Å²) in [5.74, 6) is -2.01. The van der Waals surface area contributed by atoms with Crippen LogP contribution in [0.2, 0.25) is 0 Å². The molecule has 2 aromatic heterocycles. The van der Waals surface area contributed by atoms with E-state index < -0.39 is 11.9 Å². The first-order valence-electron chi connectivity index (χ1n) is 8.06. The van der Waals surface area contributed by atoms with Gasteiger partial charge in [0.25, 0.3) is 11.7 Å². The van der Waals surface area contributed by atoms with E-state index in [4.69, 9.17) is 11.0 Å². The lowest BCUT2D eigenvalue weighted by Crippen LogP contribution is -2.28. The number of aromatic carboxylic acids is 1. The highest BCUT2D eigenvalue weighted by atomic mass is 16.4. The molecule has 10 heteroatoms. The number of nitrogens with two attached hydrogens (primary N) is 1. The number of carbonyl (C=O) groups excluding carboxylic acids is 1. The van der Waals surface area contributed by atoms with Crippen LogP contribution in [0.4, 0.5) is 5.95 Å². The van der Waals surface area contributed by atoms with Crippen molar-refractivity contribution in [3.63, 3.8) is 0 Å². The molecule has 4 rings (SSSR count). The van der Waals surface area contributed by atoms with Gasteiger partial charge in [0.15, 0.2) is 5.69 Å². The van der Waals surface area contributed by atoms with Gasteiger partial charge in [0.2, 0.25) is 5.95 Å². The number of fused-ring (bicyclic) bond motifs is 2. The minimum absolute atomic E-state index is 0.0666. The molecule has 0 spiro atoms. The van der Waals surface area contributed by atoms with Crippen molar-refractivity contribution in [2.75, 3.05) is 5.73 Å². The van der Waals surface area contributed by atoms with E-state index in [-0.39, 0.29) is 29.2 Å². The van der Waals surface area contributed by atoms with Gasteiger partial charge in [-0.05, 0) is 36.1 Å². The number of anilines is 1. The lowest BCUT2D eigenvalue weighted by Gasteiger charge is -2.14. The molecule has 0 aliphatic heterocycles. The van der Waals surface area contributed by atoms with Gasteiger partial charge in [-0.3, -0.25) is 4.79 Å². The first-order chi connectivity index (χ1) is 13.0. The van der Waals surface area contributed by atoms with Crippen molar-refractivity contribution >= 4 is 23.6 Å². The smallest absolute Gasteiger partial charge is 0.354 e. The summed E-state index contributed by atoms with van der Waals surface area (Å²) in [6, 6.07) is 8.33. The molecule has 1 aliphatic carbocycles. The summed E-state index contributed by atoms with van der Waals surface area (Å²) in [4.78, 5) is 32.0. The first kappa shape index (κ1) is 16.5. The molecule has 0 radical (unpaired) electrons. The Balaban J connectivity index is 1.65. The Morgan fingerprint density at radius 1 is 1.33 bits per heavy atom. The Labute approximate surface area is 152 Å². The molecular weight excluding hydrogens is 350 g/mol. The third kappa shape index (κ3) is 2.81. The highest BCUT2D eigenvalue weighted by Gasteiger charge is 2.26. The van der Waals surface area contributed by atoms with Crippen LogP contribution >= 0.6 is 0 Å². The highest BCUT2D eigenvalue weighted by Crippen LogP contribution is 2.31. The number of rotatable bonds is 3. The fourth-order valence-electron chi connectivity index (χ4n) is 3.22. The highest BCUT2D eigenvalue weighted by molar-refractivity contribution is 5.96. The van der Waals surface area contributed by atoms with E-state index >= 15 is 0 Å². The largest absolute Gasteiger partial charge is 0.477 e. The SMILES string of the molecule is N#Cc1ccc2c(c1)CC[C@@H]2NC(=O)c1cc(C(=O)O)n2nc(N)nc2n1. The van der Waals surface area contributed by atoms with Crippen LogP contribution in [-0.4, -0.2) is 36.6 Å². The van der Waals surface area contributed by atoms with Gasteiger partial charge >= 0.3 is 5.97 Å². The average molecular weight is 363 g/mol. The third-order valence-corrected chi connectivity index (χ3v) is 4.44. The summed E-state index contributed by atoms with van der Waals surface area (Å²) < 4.78 is 0.975. The predicted molar refractivity (Wildman–Crippen MR) is 91.8 cm³/mol. The fraction of sp³-hybridized carbons (Fsp3) is 0.176. The quantitative estimate of drug-likeness (QED) is 0.613. The van der Waals surface area contributed by atoms with Gasteiger partial charge in [-0.25, -0.2) is 9.78 Å². The van der Waals surface area contributed by atoms with Crippen LogP contribution in [0.25, 0.3) is 5.78 Å². The number of benzene rings is 1. The van der Waals surface area contributed by atoms with Crippen molar-refractivity contribution < 1.29 is 14.7 Å². The Hall–Kier alpha value is -4.00. The average Bonchev–Trinajstić information content (AvgIpc) is 3.22. The number of carbonyl (C=O) groups is 2. The fourth-order valence-corrected chi connectivity index (χ4v) is 3.22. The molecule has 3 aromatic rings. The van der Waals surface area contributed by atoms with E-state index in [9.17, 15) is 14.7 Å². The van der Waals surface area contributed by atoms with Crippen LogP contribution < -0.4 is 11.1 Å². The third-order valence-electron chi connectivity index (χ3n) is 4.44. The summed E-state index contributed by atoms with van der Waals surface area (Å²) in [7, 11) is 0. The van der Waals surface area contributed by atoms with E-state index in [1.807, 2.05) is 12.1 Å². The molecule has 4 N–H and O–H groups in total. The van der Waals surface area contributed by atoms with Gasteiger partial charge < -0.3 is 16.2 Å². The van der Waals surface area contributed by atoms with Gasteiger partial charge in [-0.2, -0.15) is 14.8 Å². The second kappa shape index (κ2) is 6.06. The van der Waals surface area contributed by atoms with Crippen LogP contribution in [0.1, 0.15) is 50.1 Å². The second-order valence-corrected chi connectivity index (χ2v) is 6.10. The zero-order valence-electron chi connectivity index (χ0n) is 13.9. The van der Waals surface area contributed by atoms with E-state index in [2.05, 4.69) is 26.5 Å². The van der Waals surface area contributed by atoms with Crippen LogP contribution in [0, 0.1) is 11.3 Å². The molecule has 1 aliphatic rings. The standard InChI is InChI=1S/C17H13N7O3/c18-7-8-1-3-10-9(5-8)2-4-11(10)20-14(25)12-6-13(15(26)27)24-17(21-12)22-16(19)23-24/h1,3,5-6,11H,2,4H2,(H2,19,23)(H,20,25)(H,26,27)/t11-/m0/s1. The summed E-state index contributed by atoms with van der Waals surface area (Å²) in [5, 5.41) is 25.0. The predicted octanol–water partition coefficient (Wildman–Crippen LogP) is 0.694. The molecule has 0 saturated carbocycles. The first-order valence-corrected chi connectivity index (χ1v) is 8.06. The van der Waals surface area contributed by atoms with Crippen LogP contribution in [0.5, 0.6) is 0 Å². The second-order valence-electron chi connectivity index (χ2n) is 6.10. The van der Waals surface area contributed by atoms with Crippen molar-refractivity contribution in [1.29, 1.82) is 5.26 Å². The Morgan fingerprint density at radius 3 is 2.89 bits per heavy atom. The number of amides is 1. The Morgan fingerprint density at radius 2 is 2.15 bits per heavy atom. The van der Waals surface area contributed by atoms with E-state index in [1.165, 1.54) is 0 Å². The minimum atomic E-state index is -1.28. The monoisotopic (exact) mass is 363 g/mol. The topological polar surface area (TPSA) is 159 Å². The van der Waals surface area contributed by atoms with Crippen molar-refractivity contribution in [3.8, 4) is 6.07 Å². The molecule has 0 unspecified atom stereocenters. The molecule has 0 saturated heterocycles. The number of nitrogen functional groups attached to an aromatic ring is 1. The number of hydrogen-bond acceptors (Lipinski definition) is 7. The number of aryl methyl sites for hydroxylation is 1. The lowest BCUT2D eigenvalue weighted by molar-refractivity contribution is 0.0687. The van der Waals surface area contributed by atoms with E-state index in [0.717, 1.165) is 28.1 Å². The number of nitriles is 1. The Kier molecular flexibility index (Phi) is 3.70. The normalized spacial score (nSPS) is 15.3. The van der Waals surface area contributed by atoms with E-state index in [0.29, 0.717) is 12.0 Å². The number of nitrogens with one attached hydrogen (secondary N) is 1. The van der Waals surface area contributed by atoms with Crippen LogP contribution in [0.3, 0.4) is 0 Å². The van der Waals surface area contributed by atoms with Crippen LogP contribution in [0.15, 0.2) is 24.3 Å². The summed E-state index contributed by atoms with van der Waals surface area (Å²) in [6.07, 6.45) is 1.42. The van der Waals surface area contributed by atoms with Gasteiger partial charge in [-0.15, -0.1) is 5.10 Å². The lowest BCUT2D eigenvalue weighted by atomic mass is 10.1. The maximum atomic E-state index is 12.7. The molecule has 0 fully saturated rings. The van der Waals surface area contributed by atoms with Crippen molar-refractivity contribution in [2.45, 2.75) is 18.9 Å². The molecule has 10 nitrogen and oxygen atoms in total. The molecule has 2 heterocycles. The molecule has 1 aromatic carbocycles. The molecule has 134 valence electrons. The Bertz CT molecular complexity index is 1150. The summed E-state index contributed by atoms with van der Waals surface area (Å²) in [5.41, 5.74) is 7.67. The van der Waals surface area contributed by atoms with Gasteiger partial charge in [-0.1, -0.05) is 6.07 Å². The number of carboxylic acids is 1. The minimum Gasteiger partial charge on any atom is -0.477 e. The number of nitrogens with zero attached hydrogens (tertiary/aromatic N) is 5. The van der Waals surface area contributed by atoms with Gasteiger partial charge in [0.1, 0.15) is 5.69 Å². The van der Waals surface area contributed by atoms with Crippen molar-refractivity contribution in [1.82, 2.24) is 24.9 Å².